The molecule has 24 heavy (non-hydrogen) atoms. The Morgan fingerprint density at radius 1 is 1.04 bits per heavy atom. The van der Waals surface area contributed by atoms with Gasteiger partial charge < -0.3 is 10.2 Å². The van der Waals surface area contributed by atoms with E-state index in [1.165, 1.54) is 6.92 Å². The molecule has 0 unspecified atom stereocenters. The number of anilines is 1. The molecule has 2 aromatic rings. The van der Waals surface area contributed by atoms with Crippen LogP contribution in [-0.2, 0) is 16.1 Å². The maximum absolute atomic E-state index is 12.1. The van der Waals surface area contributed by atoms with Crippen LogP contribution in [0.15, 0.2) is 48.5 Å². The van der Waals surface area contributed by atoms with Crippen LogP contribution in [0, 0.1) is 13.8 Å². The minimum atomic E-state index is -0.0598. The number of benzene rings is 2. The summed E-state index contributed by atoms with van der Waals surface area (Å²) in [6.07, 6.45) is 0.278. The summed E-state index contributed by atoms with van der Waals surface area (Å²) in [7, 11) is 0. The molecule has 0 aliphatic heterocycles. The van der Waals surface area contributed by atoms with Crippen molar-refractivity contribution in [1.82, 2.24) is 5.32 Å². The molecule has 126 valence electrons. The van der Waals surface area contributed by atoms with Gasteiger partial charge in [0.1, 0.15) is 0 Å². The Bertz CT molecular complexity index is 711. The van der Waals surface area contributed by atoms with Crippen LogP contribution in [0.3, 0.4) is 0 Å². The van der Waals surface area contributed by atoms with Crippen molar-refractivity contribution in [2.75, 3.05) is 11.4 Å². The van der Waals surface area contributed by atoms with Crippen LogP contribution in [-0.4, -0.2) is 18.4 Å². The molecule has 0 fully saturated rings. The molecule has 0 aliphatic rings. The summed E-state index contributed by atoms with van der Waals surface area (Å²) in [4.78, 5) is 25.7. The van der Waals surface area contributed by atoms with E-state index in [2.05, 4.69) is 5.32 Å². The largest absolute Gasteiger partial charge is 0.352 e. The van der Waals surface area contributed by atoms with E-state index in [0.29, 0.717) is 13.1 Å². The Balaban J connectivity index is 1.95. The molecule has 2 amide bonds. The molecule has 4 nitrogen and oxygen atoms in total. The van der Waals surface area contributed by atoms with Gasteiger partial charge in [0.05, 0.1) is 0 Å². The highest BCUT2D eigenvalue weighted by molar-refractivity contribution is 5.93. The average Bonchev–Trinajstić information content (AvgIpc) is 2.57. The van der Waals surface area contributed by atoms with Crippen LogP contribution in [0.5, 0.6) is 0 Å². The van der Waals surface area contributed by atoms with Gasteiger partial charge in [0.15, 0.2) is 0 Å². The zero-order chi connectivity index (χ0) is 17.5. The first-order chi connectivity index (χ1) is 11.5. The van der Waals surface area contributed by atoms with Gasteiger partial charge in [-0.1, -0.05) is 42.5 Å². The highest BCUT2D eigenvalue weighted by Crippen LogP contribution is 2.22. The van der Waals surface area contributed by atoms with Gasteiger partial charge in [-0.25, -0.2) is 0 Å². The molecule has 2 rings (SSSR count). The third kappa shape index (κ3) is 4.95. The van der Waals surface area contributed by atoms with Gasteiger partial charge >= 0.3 is 0 Å². The molecule has 0 bridgehead atoms. The number of amides is 2. The SMILES string of the molecule is CC(=O)N(CCC(=O)NCc1ccccc1)c1cc(C)ccc1C. The van der Waals surface area contributed by atoms with E-state index >= 15 is 0 Å². The second-order valence-electron chi connectivity index (χ2n) is 5.97. The number of rotatable bonds is 6. The minimum Gasteiger partial charge on any atom is -0.352 e. The smallest absolute Gasteiger partial charge is 0.223 e. The molecule has 0 aromatic heterocycles. The molecular formula is C20H24N2O2. The summed E-state index contributed by atoms with van der Waals surface area (Å²) in [5, 5.41) is 2.89. The molecule has 0 radical (unpaired) electrons. The van der Waals surface area contributed by atoms with Gasteiger partial charge in [0, 0.05) is 32.1 Å². The molecule has 0 saturated heterocycles. The van der Waals surface area contributed by atoms with E-state index in [4.69, 9.17) is 0 Å². The van der Waals surface area contributed by atoms with Crippen LogP contribution < -0.4 is 10.2 Å². The quantitative estimate of drug-likeness (QED) is 0.886. The predicted octanol–water partition coefficient (Wildman–Crippen LogP) is 3.36. The van der Waals surface area contributed by atoms with Gasteiger partial charge in [-0.3, -0.25) is 9.59 Å². The van der Waals surface area contributed by atoms with Crippen LogP contribution in [0.4, 0.5) is 5.69 Å². The summed E-state index contributed by atoms with van der Waals surface area (Å²) in [5.74, 6) is -0.116. The summed E-state index contributed by atoms with van der Waals surface area (Å²) < 4.78 is 0. The maximum atomic E-state index is 12.1. The standard InChI is InChI=1S/C20H24N2O2/c1-15-9-10-16(2)19(13-15)22(17(3)23)12-11-20(24)21-14-18-7-5-4-6-8-18/h4-10,13H,11-12,14H2,1-3H3,(H,21,24). The zero-order valence-electron chi connectivity index (χ0n) is 14.5. The lowest BCUT2D eigenvalue weighted by Gasteiger charge is -2.23. The average molecular weight is 324 g/mol. The first kappa shape index (κ1) is 17.7. The Morgan fingerprint density at radius 2 is 1.75 bits per heavy atom. The van der Waals surface area contributed by atoms with Gasteiger partial charge in [0.25, 0.3) is 0 Å². The fraction of sp³-hybridized carbons (Fsp3) is 0.300. The molecule has 1 N–H and O–H groups in total. The monoisotopic (exact) mass is 324 g/mol. The first-order valence-corrected chi connectivity index (χ1v) is 8.13. The van der Waals surface area contributed by atoms with Crippen molar-refractivity contribution >= 4 is 17.5 Å². The molecule has 2 aromatic carbocycles. The third-order valence-electron chi connectivity index (χ3n) is 3.93. The van der Waals surface area contributed by atoms with Crippen molar-refractivity contribution in [2.45, 2.75) is 33.7 Å². The van der Waals surface area contributed by atoms with Gasteiger partial charge in [-0.15, -0.1) is 0 Å². The van der Waals surface area contributed by atoms with E-state index < -0.39 is 0 Å². The van der Waals surface area contributed by atoms with E-state index in [-0.39, 0.29) is 18.2 Å². The number of carbonyl (C=O) groups excluding carboxylic acids is 2. The van der Waals surface area contributed by atoms with Crippen LogP contribution in [0.1, 0.15) is 30.0 Å². The lowest BCUT2D eigenvalue weighted by atomic mass is 10.1. The lowest BCUT2D eigenvalue weighted by molar-refractivity contribution is -0.121. The summed E-state index contributed by atoms with van der Waals surface area (Å²) in [6, 6.07) is 15.8. The molecule has 0 atom stereocenters. The van der Waals surface area contributed by atoms with E-state index in [0.717, 1.165) is 22.4 Å². The molecule has 0 spiro atoms. The van der Waals surface area contributed by atoms with Crippen molar-refractivity contribution in [1.29, 1.82) is 0 Å². The second-order valence-corrected chi connectivity index (χ2v) is 5.97. The Hall–Kier alpha value is -2.62. The number of nitrogens with one attached hydrogen (secondary N) is 1. The predicted molar refractivity (Wildman–Crippen MR) is 96.8 cm³/mol. The molecular weight excluding hydrogens is 300 g/mol. The fourth-order valence-electron chi connectivity index (χ4n) is 2.56. The number of aryl methyl sites for hydroxylation is 2. The van der Waals surface area contributed by atoms with Crippen molar-refractivity contribution in [2.24, 2.45) is 0 Å². The van der Waals surface area contributed by atoms with Crippen LogP contribution in [0.2, 0.25) is 0 Å². The molecule has 0 heterocycles. The molecule has 0 saturated carbocycles. The van der Waals surface area contributed by atoms with E-state index in [9.17, 15) is 9.59 Å². The maximum Gasteiger partial charge on any atom is 0.223 e. The fourth-order valence-corrected chi connectivity index (χ4v) is 2.56. The Labute approximate surface area is 143 Å². The van der Waals surface area contributed by atoms with Crippen molar-refractivity contribution in [3.8, 4) is 0 Å². The lowest BCUT2D eigenvalue weighted by Crippen LogP contribution is -2.34. The van der Waals surface area contributed by atoms with Crippen molar-refractivity contribution in [3.63, 3.8) is 0 Å². The normalized spacial score (nSPS) is 10.3. The Morgan fingerprint density at radius 3 is 2.42 bits per heavy atom. The number of nitrogens with zero attached hydrogens (tertiary/aromatic N) is 1. The second kappa shape index (κ2) is 8.29. The zero-order valence-corrected chi connectivity index (χ0v) is 14.5. The number of hydrogen-bond donors (Lipinski definition) is 1. The van der Waals surface area contributed by atoms with Crippen molar-refractivity contribution in [3.05, 3.63) is 65.2 Å². The van der Waals surface area contributed by atoms with E-state index in [1.807, 2.05) is 62.4 Å². The highest BCUT2D eigenvalue weighted by atomic mass is 16.2. The Kier molecular flexibility index (Phi) is 6.13. The summed E-state index contributed by atoms with van der Waals surface area (Å²) in [6.45, 7) is 6.38. The van der Waals surface area contributed by atoms with E-state index in [1.54, 1.807) is 4.90 Å². The summed E-state index contributed by atoms with van der Waals surface area (Å²) >= 11 is 0. The number of hydrogen-bond acceptors (Lipinski definition) is 2. The third-order valence-corrected chi connectivity index (χ3v) is 3.93. The molecule has 4 heteroatoms. The first-order valence-electron chi connectivity index (χ1n) is 8.13. The summed E-state index contributed by atoms with van der Waals surface area (Å²) in [5.41, 5.74) is 4.05. The number of carbonyl (C=O) groups is 2. The topological polar surface area (TPSA) is 49.4 Å². The van der Waals surface area contributed by atoms with Gasteiger partial charge in [-0.2, -0.15) is 0 Å². The van der Waals surface area contributed by atoms with Crippen molar-refractivity contribution < 1.29 is 9.59 Å². The molecule has 0 aliphatic carbocycles. The van der Waals surface area contributed by atoms with Gasteiger partial charge in [0.2, 0.25) is 11.8 Å². The van der Waals surface area contributed by atoms with Gasteiger partial charge in [-0.05, 0) is 36.6 Å². The highest BCUT2D eigenvalue weighted by Gasteiger charge is 2.15. The minimum absolute atomic E-state index is 0.0560. The van der Waals surface area contributed by atoms with Crippen LogP contribution in [0.25, 0.3) is 0 Å². The van der Waals surface area contributed by atoms with Crippen LogP contribution >= 0.6 is 0 Å².